The largest absolute Gasteiger partial charge is 0.458 e. The van der Waals surface area contributed by atoms with E-state index < -0.39 is 0 Å². The molecule has 129 heavy (non-hydrogen) atoms. The Balaban J connectivity index is 0.000000119. The average Bonchev–Trinajstić information content (AvgIpc) is 0.715. The van der Waals surface area contributed by atoms with Crippen LogP contribution in [0.15, 0.2) is 414 Å². The van der Waals surface area contributed by atoms with E-state index in [0.717, 1.165) is 87.0 Å². The Hall–Kier alpha value is -13.8. The van der Waals surface area contributed by atoms with Crippen LogP contribution in [-0.4, -0.2) is 20.1 Å². The third-order valence-electron chi connectivity index (χ3n) is 26.0. The Morgan fingerprint density at radius 2 is 0.597 bits per heavy atom. The fraction of sp³-hybridized carbons (Fsp3) is 0.128. The van der Waals surface area contributed by atoms with Crippen molar-refractivity contribution in [3.63, 3.8) is 0 Å². The standard InChI is InChI=1S/2C43H39BN2O.C31H22BNS2/c1-3-4-5-8-15-32-22-24-35(25-23-32)46-39-30-36(45(33-16-9-6-10-17-33)34-18-11-7-12-19-34)26-27-37(39)44-38-20-13-14-21-41(38)47-42-29-31(2)28-40(46)43(42)44;1-3-4-5-8-15-32-22-24-35(25-23-32)46-39-21-14-13-20-37(39)44-38-27-26-36(30-41(38)47-42-29-31(2)28-40(46)43(42)44)45(33-16-9-6-10-17-33)34-18-11-7-12-19-34;1-21-18-29-31-30(19-21)35-28-20-24(16-17-26(28)32(31)25-14-8-9-15-27(25)34-29)33(22-10-4-2-5-11-22)23-12-6-3-7-13-23/h2*6-7,9-14,16-30H,3-5,8,15H2,1-2H3;2-20H,1H3. The summed E-state index contributed by atoms with van der Waals surface area (Å²) < 4.78 is 13.5. The molecule has 6 aliphatic heterocycles. The van der Waals surface area contributed by atoms with Gasteiger partial charge in [0.1, 0.15) is 23.0 Å². The Morgan fingerprint density at radius 3 is 1.09 bits per heavy atom. The van der Waals surface area contributed by atoms with Gasteiger partial charge < -0.3 is 34.0 Å². The maximum atomic E-state index is 6.90. The molecule has 23 rings (SSSR count). The van der Waals surface area contributed by atoms with Gasteiger partial charge in [-0.3, -0.25) is 0 Å². The van der Waals surface area contributed by atoms with E-state index in [-0.39, 0.29) is 20.1 Å². The van der Waals surface area contributed by atoms with Crippen molar-refractivity contribution in [2.45, 2.75) is 118 Å². The number of ether oxygens (including phenoxy) is 2. The van der Waals surface area contributed by atoms with Gasteiger partial charge in [-0.05, 0) is 295 Å². The smallest absolute Gasteiger partial charge is 0.256 e. The molecule has 17 aromatic rings. The van der Waals surface area contributed by atoms with Gasteiger partial charge in [0, 0.05) is 111 Å². The van der Waals surface area contributed by atoms with E-state index in [1.807, 2.05) is 23.5 Å². The Labute approximate surface area is 770 Å². The van der Waals surface area contributed by atoms with Crippen molar-refractivity contribution in [1.29, 1.82) is 0 Å². The van der Waals surface area contributed by atoms with Gasteiger partial charge in [0.2, 0.25) is 6.71 Å². The molecule has 0 saturated heterocycles. The van der Waals surface area contributed by atoms with Crippen LogP contribution in [0.3, 0.4) is 0 Å². The van der Waals surface area contributed by atoms with Crippen molar-refractivity contribution in [3.8, 4) is 23.0 Å². The highest BCUT2D eigenvalue weighted by atomic mass is 32.2. The van der Waals surface area contributed by atoms with Gasteiger partial charge in [-0.2, -0.15) is 0 Å². The molecular weight excluding hydrogens is 1600 g/mol. The van der Waals surface area contributed by atoms with Crippen molar-refractivity contribution < 1.29 is 9.47 Å². The Morgan fingerprint density at radius 1 is 0.240 bits per heavy atom. The molecule has 0 aliphatic carbocycles. The van der Waals surface area contributed by atoms with Crippen LogP contribution >= 0.6 is 23.5 Å². The summed E-state index contributed by atoms with van der Waals surface area (Å²) in [5, 5.41) is 0. The zero-order valence-electron chi connectivity index (χ0n) is 73.7. The highest BCUT2D eigenvalue weighted by molar-refractivity contribution is 8.01. The van der Waals surface area contributed by atoms with Crippen molar-refractivity contribution in [3.05, 3.63) is 422 Å². The number of fused-ring (bicyclic) bond motifs is 12. The number of hydrogen-bond acceptors (Lipinski definition) is 9. The van der Waals surface area contributed by atoms with Crippen LogP contribution in [0.4, 0.5) is 85.3 Å². The minimum absolute atomic E-state index is 0.0746. The maximum absolute atomic E-state index is 6.90. The first-order valence-corrected chi connectivity index (χ1v) is 47.6. The summed E-state index contributed by atoms with van der Waals surface area (Å²) in [6.07, 6.45) is 12.5. The topological polar surface area (TPSA) is 34.7 Å². The van der Waals surface area contributed by atoms with E-state index in [4.69, 9.17) is 9.47 Å². The van der Waals surface area contributed by atoms with E-state index in [2.05, 4.69) is 453 Å². The fourth-order valence-corrected chi connectivity index (χ4v) is 22.7. The molecule has 0 atom stereocenters. The zero-order valence-corrected chi connectivity index (χ0v) is 75.3. The van der Waals surface area contributed by atoms with Crippen LogP contribution < -0.4 is 83.1 Å². The van der Waals surface area contributed by atoms with Crippen molar-refractivity contribution in [2.24, 2.45) is 0 Å². The van der Waals surface area contributed by atoms with Crippen LogP contribution in [0.2, 0.25) is 0 Å². The summed E-state index contributed by atoms with van der Waals surface area (Å²) in [6, 6.07) is 143. The summed E-state index contributed by atoms with van der Waals surface area (Å²) in [4.78, 5) is 17.4. The molecule has 0 saturated carbocycles. The van der Waals surface area contributed by atoms with E-state index in [0.29, 0.717) is 0 Å². The maximum Gasteiger partial charge on any atom is 0.256 e. The highest BCUT2D eigenvalue weighted by Crippen LogP contribution is 2.49. The predicted octanol–water partition coefficient (Wildman–Crippen LogP) is 26.9. The van der Waals surface area contributed by atoms with Gasteiger partial charge in [-0.25, -0.2) is 0 Å². The molecule has 626 valence electrons. The third kappa shape index (κ3) is 16.2. The second kappa shape index (κ2) is 36.5. The lowest BCUT2D eigenvalue weighted by Gasteiger charge is -2.41. The van der Waals surface area contributed by atoms with Crippen molar-refractivity contribution in [2.75, 3.05) is 24.5 Å². The first-order valence-electron chi connectivity index (χ1n) is 46.0. The molecule has 0 N–H and O–H groups in total. The first kappa shape index (κ1) is 82.2. The van der Waals surface area contributed by atoms with Crippen LogP contribution in [-0.2, 0) is 12.8 Å². The van der Waals surface area contributed by atoms with Crippen LogP contribution in [0.25, 0.3) is 0 Å². The molecule has 7 nitrogen and oxygen atoms in total. The zero-order chi connectivity index (χ0) is 86.8. The number of nitrogens with zero attached hydrogens (tertiary/aromatic N) is 5. The van der Waals surface area contributed by atoms with Gasteiger partial charge in [0.15, 0.2) is 0 Å². The van der Waals surface area contributed by atoms with Crippen molar-refractivity contribution in [1.82, 2.24) is 0 Å². The average molecular weight is 1700 g/mol. The Bertz CT molecular complexity index is 6820. The fourth-order valence-electron chi connectivity index (χ4n) is 20.1. The molecule has 0 unspecified atom stereocenters. The lowest BCUT2D eigenvalue weighted by Crippen LogP contribution is -2.59. The number of anilines is 15. The summed E-state index contributed by atoms with van der Waals surface area (Å²) in [5.41, 5.74) is 35.6. The monoisotopic (exact) mass is 1700 g/mol. The van der Waals surface area contributed by atoms with Gasteiger partial charge in [0.25, 0.3) is 13.4 Å². The number of benzene rings is 17. The van der Waals surface area contributed by atoms with E-state index in [1.165, 1.54) is 182 Å². The van der Waals surface area contributed by atoms with Gasteiger partial charge >= 0.3 is 0 Å². The van der Waals surface area contributed by atoms with E-state index in [1.54, 1.807) is 0 Å². The molecule has 12 heteroatoms. The lowest BCUT2D eigenvalue weighted by molar-refractivity contribution is 0.487. The third-order valence-corrected chi connectivity index (χ3v) is 28.3. The minimum Gasteiger partial charge on any atom is -0.458 e. The number of unbranched alkanes of at least 4 members (excludes halogenated alkanes) is 6. The molecule has 17 aromatic carbocycles. The number of rotatable bonds is 21. The van der Waals surface area contributed by atoms with Crippen LogP contribution in [0, 0.1) is 20.8 Å². The number of hydrogen-bond donors (Lipinski definition) is 0. The molecule has 0 radical (unpaired) electrons. The second-order valence-electron chi connectivity index (χ2n) is 34.7. The first-order chi connectivity index (χ1) is 63.6. The molecule has 0 aromatic heterocycles. The molecule has 6 heterocycles. The molecule has 0 bridgehead atoms. The summed E-state index contributed by atoms with van der Waals surface area (Å²) in [6.45, 7) is 11.5. The number of aryl methyl sites for hydroxylation is 5. The summed E-state index contributed by atoms with van der Waals surface area (Å²) >= 11 is 3.84. The Kier molecular flexibility index (Phi) is 23.3. The van der Waals surface area contributed by atoms with Gasteiger partial charge in [0.05, 0.1) is 0 Å². The quantitative estimate of drug-likeness (QED) is 0.0516. The van der Waals surface area contributed by atoms with Crippen LogP contribution in [0.5, 0.6) is 23.0 Å². The van der Waals surface area contributed by atoms with Crippen LogP contribution in [0.1, 0.15) is 93.0 Å². The molecule has 0 amide bonds. The molecular formula is C117H100B3N5O2S2. The number of para-hydroxylation sites is 8. The summed E-state index contributed by atoms with van der Waals surface area (Å²) in [7, 11) is 0. The van der Waals surface area contributed by atoms with Gasteiger partial charge in [-0.1, -0.05) is 293 Å². The molecule has 6 aliphatic rings. The summed E-state index contributed by atoms with van der Waals surface area (Å²) in [5.74, 6) is 3.73. The van der Waals surface area contributed by atoms with Crippen molar-refractivity contribution >= 4 is 178 Å². The lowest BCUT2D eigenvalue weighted by atomic mass is 9.34. The van der Waals surface area contributed by atoms with E-state index >= 15 is 0 Å². The minimum atomic E-state index is 0.0746. The SMILES string of the molecule is CCCCCCc1ccc(N2c3cc(N(c4ccccc4)c4ccccc4)ccc3B3c4ccccc4Oc4cc(C)cc2c43)cc1.CCCCCCc1ccc(N2c3ccccc3B3c4ccc(N(c5ccccc5)c5ccccc5)cc4Oc4cc(C)cc2c43)cc1.Cc1cc2c3c(c1)Sc1cc(N(c4ccccc4)c4ccccc4)ccc1B3c1ccccc1S2. The molecule has 0 spiro atoms. The molecule has 0 fully saturated rings. The predicted molar refractivity (Wildman–Crippen MR) is 551 cm³/mol. The normalized spacial score (nSPS) is 12.7. The van der Waals surface area contributed by atoms with E-state index in [9.17, 15) is 0 Å². The van der Waals surface area contributed by atoms with Gasteiger partial charge in [-0.15, -0.1) is 0 Å². The second-order valence-corrected chi connectivity index (χ2v) is 36.9. The highest BCUT2D eigenvalue weighted by Gasteiger charge is 2.45.